The summed E-state index contributed by atoms with van der Waals surface area (Å²) in [5.74, 6) is 1.53. The number of benzene rings is 3. The molecule has 0 aliphatic carbocycles. The summed E-state index contributed by atoms with van der Waals surface area (Å²) in [6, 6.07) is 19.6. The van der Waals surface area contributed by atoms with E-state index in [9.17, 15) is 10.1 Å². The van der Waals surface area contributed by atoms with Crippen LogP contribution in [0.15, 0.2) is 72.1 Å². The maximum absolute atomic E-state index is 12.8. The molecule has 3 aromatic carbocycles. The summed E-state index contributed by atoms with van der Waals surface area (Å²) in [6.45, 7) is 6.67. The van der Waals surface area contributed by atoms with Crippen molar-refractivity contribution in [2.45, 2.75) is 64.9 Å². The molecule has 0 fully saturated rings. The van der Waals surface area contributed by atoms with E-state index in [1.165, 1.54) is 19.3 Å². The third kappa shape index (κ3) is 7.35. The second kappa shape index (κ2) is 14.3. The third-order valence-electron chi connectivity index (χ3n) is 6.89. The lowest BCUT2D eigenvalue weighted by atomic mass is 9.83. The zero-order valence-corrected chi connectivity index (χ0v) is 24.6. The Balaban J connectivity index is 1.54. The first-order valence-corrected chi connectivity index (χ1v) is 14.4. The fraction of sp³-hybridized carbons (Fsp3) is 0.353. The predicted molar refractivity (Wildman–Crippen MR) is 160 cm³/mol. The number of nitrogens with zero attached hydrogens (tertiary/aromatic N) is 1. The molecule has 3 aromatic rings. The number of carbonyl (C=O) groups is 1. The molecule has 220 valence electrons. The lowest BCUT2D eigenvalue weighted by Crippen LogP contribution is -2.21. The first-order valence-electron chi connectivity index (χ1n) is 14.4. The normalized spacial score (nSPS) is 14.0. The van der Waals surface area contributed by atoms with Crippen LogP contribution in [0.3, 0.4) is 0 Å². The Morgan fingerprint density at radius 3 is 2.40 bits per heavy atom. The van der Waals surface area contributed by atoms with E-state index >= 15 is 0 Å². The van der Waals surface area contributed by atoms with E-state index in [1.54, 1.807) is 49.6 Å². The predicted octanol–water partition coefficient (Wildman–Crippen LogP) is 7.27. The van der Waals surface area contributed by atoms with Crippen molar-refractivity contribution < 1.29 is 28.5 Å². The van der Waals surface area contributed by atoms with Crippen LogP contribution in [0, 0.1) is 11.3 Å². The Morgan fingerprint density at radius 2 is 1.71 bits per heavy atom. The fourth-order valence-corrected chi connectivity index (χ4v) is 4.82. The molecule has 1 heterocycles. The van der Waals surface area contributed by atoms with Crippen LogP contribution >= 0.6 is 0 Å². The number of hydrogen-bond acceptors (Lipinski definition) is 8. The lowest BCUT2D eigenvalue weighted by Gasteiger charge is -2.27. The molecule has 42 heavy (non-hydrogen) atoms. The zero-order valence-electron chi connectivity index (χ0n) is 24.6. The summed E-state index contributed by atoms with van der Waals surface area (Å²) in [5, 5.41) is 9.97. The topological polar surface area (TPSA) is 113 Å². The van der Waals surface area contributed by atoms with Gasteiger partial charge in [-0.25, -0.2) is 4.79 Å². The minimum absolute atomic E-state index is 0.00871. The number of rotatable bonds is 13. The van der Waals surface area contributed by atoms with Crippen LogP contribution in [-0.2, 0) is 0 Å². The summed E-state index contributed by atoms with van der Waals surface area (Å²) >= 11 is 0. The molecule has 0 saturated heterocycles. The number of nitriles is 1. The SMILES string of the molecule is CCCCCCCOc1ccc(C2C(C#N)=C(N)Oc3cc(OC(=O)c4ccc(OC(C)C)cc4)ccc32)cc1OC. The highest BCUT2D eigenvalue weighted by Gasteiger charge is 2.32. The average Bonchev–Trinajstić information content (AvgIpc) is 2.98. The molecule has 0 spiro atoms. The zero-order chi connectivity index (χ0) is 30.1. The Kier molecular flexibility index (Phi) is 10.3. The third-order valence-corrected chi connectivity index (χ3v) is 6.89. The quantitative estimate of drug-likeness (QED) is 0.130. The molecular formula is C34H38N2O6. The summed E-state index contributed by atoms with van der Waals surface area (Å²) in [7, 11) is 1.59. The van der Waals surface area contributed by atoms with Crippen LogP contribution in [0.25, 0.3) is 0 Å². The van der Waals surface area contributed by atoms with Gasteiger partial charge in [-0.05, 0) is 68.3 Å². The van der Waals surface area contributed by atoms with Gasteiger partial charge in [0.1, 0.15) is 28.9 Å². The highest BCUT2D eigenvalue weighted by molar-refractivity contribution is 5.91. The number of ether oxygens (including phenoxy) is 5. The number of carbonyl (C=O) groups excluding carboxylic acids is 1. The maximum atomic E-state index is 12.8. The van der Waals surface area contributed by atoms with Crippen LogP contribution < -0.4 is 29.4 Å². The monoisotopic (exact) mass is 570 g/mol. The molecule has 0 bridgehead atoms. The van der Waals surface area contributed by atoms with E-state index in [0.29, 0.717) is 40.7 Å². The number of nitrogens with two attached hydrogens (primary N) is 1. The molecule has 8 heteroatoms. The Bertz CT molecular complexity index is 1460. The van der Waals surface area contributed by atoms with Gasteiger partial charge in [0.25, 0.3) is 0 Å². The van der Waals surface area contributed by atoms with E-state index in [4.69, 9.17) is 29.4 Å². The van der Waals surface area contributed by atoms with Gasteiger partial charge in [-0.2, -0.15) is 5.26 Å². The molecule has 0 saturated carbocycles. The van der Waals surface area contributed by atoms with Crippen LogP contribution in [-0.4, -0.2) is 25.8 Å². The molecule has 2 N–H and O–H groups in total. The molecule has 4 rings (SSSR count). The van der Waals surface area contributed by atoms with E-state index in [2.05, 4.69) is 13.0 Å². The Labute approximate surface area is 247 Å². The maximum Gasteiger partial charge on any atom is 0.343 e. The van der Waals surface area contributed by atoms with Crippen molar-refractivity contribution >= 4 is 5.97 Å². The minimum Gasteiger partial charge on any atom is -0.493 e. The van der Waals surface area contributed by atoms with E-state index in [-0.39, 0.29) is 23.3 Å². The highest BCUT2D eigenvalue weighted by atomic mass is 16.5. The molecule has 1 unspecified atom stereocenters. The number of unbranched alkanes of at least 4 members (excludes halogenated alkanes) is 4. The summed E-state index contributed by atoms with van der Waals surface area (Å²) in [6.07, 6.45) is 5.76. The molecule has 1 aliphatic rings. The van der Waals surface area contributed by atoms with Gasteiger partial charge in [-0.3, -0.25) is 0 Å². The van der Waals surface area contributed by atoms with Crippen molar-refractivity contribution in [3.8, 4) is 34.8 Å². The van der Waals surface area contributed by atoms with Gasteiger partial charge in [0.05, 0.1) is 31.3 Å². The number of methoxy groups -OCH3 is 1. The molecule has 1 atom stereocenters. The highest BCUT2D eigenvalue weighted by Crippen LogP contribution is 2.45. The van der Waals surface area contributed by atoms with Crippen molar-refractivity contribution in [3.63, 3.8) is 0 Å². The van der Waals surface area contributed by atoms with Crippen LogP contribution in [0.5, 0.6) is 28.7 Å². The van der Waals surface area contributed by atoms with Crippen molar-refractivity contribution in [3.05, 3.63) is 88.8 Å². The van der Waals surface area contributed by atoms with Crippen LogP contribution in [0.4, 0.5) is 0 Å². The molecular weight excluding hydrogens is 532 g/mol. The van der Waals surface area contributed by atoms with Crippen molar-refractivity contribution in [1.82, 2.24) is 0 Å². The molecule has 1 aliphatic heterocycles. The number of esters is 1. The number of hydrogen-bond donors (Lipinski definition) is 1. The van der Waals surface area contributed by atoms with E-state index < -0.39 is 11.9 Å². The molecule has 0 aromatic heterocycles. The summed E-state index contributed by atoms with van der Waals surface area (Å²) < 4.78 is 28.7. The summed E-state index contributed by atoms with van der Waals surface area (Å²) in [5.41, 5.74) is 8.36. The van der Waals surface area contributed by atoms with Crippen LogP contribution in [0.1, 0.15) is 80.3 Å². The van der Waals surface area contributed by atoms with Gasteiger partial charge >= 0.3 is 5.97 Å². The van der Waals surface area contributed by atoms with Gasteiger partial charge in [0.2, 0.25) is 5.88 Å². The first-order chi connectivity index (χ1) is 20.3. The van der Waals surface area contributed by atoms with Crippen LogP contribution in [0.2, 0.25) is 0 Å². The van der Waals surface area contributed by atoms with Crippen molar-refractivity contribution in [1.29, 1.82) is 5.26 Å². The Morgan fingerprint density at radius 1 is 0.976 bits per heavy atom. The molecule has 0 radical (unpaired) electrons. The van der Waals surface area contributed by atoms with Gasteiger partial charge < -0.3 is 29.4 Å². The van der Waals surface area contributed by atoms with E-state index in [1.807, 2.05) is 32.0 Å². The molecule has 8 nitrogen and oxygen atoms in total. The smallest absolute Gasteiger partial charge is 0.343 e. The standard InChI is InChI=1S/C34H38N2O6/c1-5-6-7-8-9-18-39-29-17-12-24(19-31(29)38-4)32-27-16-15-26(20-30(27)42-33(36)28(32)21-35)41-34(37)23-10-13-25(14-11-23)40-22(2)3/h10-17,19-20,22,32H,5-9,18,36H2,1-4H3. The van der Waals surface area contributed by atoms with Gasteiger partial charge in [0.15, 0.2) is 11.5 Å². The van der Waals surface area contributed by atoms with Crippen molar-refractivity contribution in [2.24, 2.45) is 5.73 Å². The van der Waals surface area contributed by atoms with Gasteiger partial charge in [-0.1, -0.05) is 44.7 Å². The average molecular weight is 571 g/mol. The summed E-state index contributed by atoms with van der Waals surface area (Å²) in [4.78, 5) is 12.8. The van der Waals surface area contributed by atoms with Gasteiger partial charge in [-0.15, -0.1) is 0 Å². The van der Waals surface area contributed by atoms with Gasteiger partial charge in [0, 0.05) is 11.6 Å². The van der Waals surface area contributed by atoms with Crippen molar-refractivity contribution in [2.75, 3.05) is 13.7 Å². The second-order valence-corrected chi connectivity index (χ2v) is 10.4. The number of allylic oxidation sites excluding steroid dienone is 1. The fourth-order valence-electron chi connectivity index (χ4n) is 4.82. The first kappa shape index (κ1) is 30.3. The Hall–Kier alpha value is -4.64. The second-order valence-electron chi connectivity index (χ2n) is 10.4. The number of fused-ring (bicyclic) bond motifs is 1. The largest absolute Gasteiger partial charge is 0.493 e. The minimum atomic E-state index is -0.523. The van der Waals surface area contributed by atoms with E-state index in [0.717, 1.165) is 18.4 Å². The lowest BCUT2D eigenvalue weighted by molar-refractivity contribution is 0.0734. The molecule has 0 amide bonds.